The van der Waals surface area contributed by atoms with Crippen LogP contribution in [0.15, 0.2) is 10.9 Å². The summed E-state index contributed by atoms with van der Waals surface area (Å²) < 4.78 is 6.59. The van der Waals surface area contributed by atoms with Crippen molar-refractivity contribution in [2.75, 3.05) is 38.4 Å². The number of nitrogen functional groups attached to an aromatic ring is 1. The van der Waals surface area contributed by atoms with Gasteiger partial charge in [-0.3, -0.25) is 4.79 Å². The van der Waals surface area contributed by atoms with Crippen molar-refractivity contribution in [2.45, 2.75) is 13.5 Å². The van der Waals surface area contributed by atoms with Crippen LogP contribution in [0.2, 0.25) is 0 Å². The Morgan fingerprint density at radius 1 is 1.50 bits per heavy atom. The lowest BCUT2D eigenvalue weighted by Gasteiger charge is -2.18. The number of rotatable bonds is 4. The van der Waals surface area contributed by atoms with Gasteiger partial charge in [0.1, 0.15) is 5.69 Å². The Morgan fingerprint density at radius 3 is 2.62 bits per heavy atom. The molecule has 1 aromatic rings. The molecule has 5 heteroatoms. The third-order valence-electron chi connectivity index (χ3n) is 2.52. The quantitative estimate of drug-likeness (QED) is 0.808. The Labute approximate surface area is 95.4 Å². The topological polar surface area (TPSA) is 60.5 Å². The molecule has 1 aromatic heterocycles. The average molecular weight is 225 g/mol. The summed E-state index contributed by atoms with van der Waals surface area (Å²) in [6, 6.07) is 1.91. The second-order valence-corrected chi connectivity index (χ2v) is 3.93. The van der Waals surface area contributed by atoms with Crippen LogP contribution in [0.25, 0.3) is 0 Å². The molecule has 0 bridgehead atoms. The molecule has 1 heterocycles. The molecule has 0 aliphatic carbocycles. The molecule has 0 aliphatic rings. The summed E-state index contributed by atoms with van der Waals surface area (Å²) in [5, 5.41) is 0. The van der Waals surface area contributed by atoms with Gasteiger partial charge in [0.2, 0.25) is 0 Å². The van der Waals surface area contributed by atoms with Gasteiger partial charge >= 0.3 is 0 Å². The van der Waals surface area contributed by atoms with E-state index in [-0.39, 0.29) is 11.2 Å². The smallest absolute Gasteiger partial charge is 0.276 e. The first-order valence-electron chi connectivity index (χ1n) is 5.15. The number of aromatic nitrogens is 1. The fourth-order valence-electron chi connectivity index (χ4n) is 1.60. The van der Waals surface area contributed by atoms with E-state index in [1.165, 1.54) is 0 Å². The highest BCUT2D eigenvalue weighted by Gasteiger charge is 2.10. The van der Waals surface area contributed by atoms with E-state index in [4.69, 9.17) is 10.5 Å². The van der Waals surface area contributed by atoms with E-state index in [1.807, 2.05) is 32.0 Å². The maximum absolute atomic E-state index is 12.0. The zero-order chi connectivity index (χ0) is 12.3. The number of hydrogen-bond acceptors (Lipinski definition) is 4. The summed E-state index contributed by atoms with van der Waals surface area (Å²) in [6.07, 6.45) is 0. The van der Waals surface area contributed by atoms with Gasteiger partial charge in [0.25, 0.3) is 5.56 Å². The predicted octanol–water partition coefficient (Wildman–Crippen LogP) is 0.451. The van der Waals surface area contributed by atoms with Crippen LogP contribution in [0.4, 0.5) is 11.4 Å². The third-order valence-corrected chi connectivity index (χ3v) is 2.52. The molecule has 0 radical (unpaired) electrons. The highest BCUT2D eigenvalue weighted by Crippen LogP contribution is 2.18. The molecule has 0 saturated carbocycles. The van der Waals surface area contributed by atoms with E-state index in [0.717, 1.165) is 11.4 Å². The number of nitrogens with zero attached hydrogens (tertiary/aromatic N) is 2. The Kier molecular flexibility index (Phi) is 3.95. The predicted molar refractivity (Wildman–Crippen MR) is 66.1 cm³/mol. The first-order chi connectivity index (χ1) is 7.49. The maximum Gasteiger partial charge on any atom is 0.276 e. The number of ether oxygens (including phenoxy) is 1. The van der Waals surface area contributed by atoms with Crippen molar-refractivity contribution in [3.8, 4) is 0 Å². The largest absolute Gasteiger partial charge is 0.393 e. The molecule has 1 rings (SSSR count). The second kappa shape index (κ2) is 5.03. The first-order valence-corrected chi connectivity index (χ1v) is 5.15. The van der Waals surface area contributed by atoms with E-state index in [1.54, 1.807) is 11.7 Å². The molecule has 0 unspecified atom stereocenters. The summed E-state index contributed by atoms with van der Waals surface area (Å²) in [5.74, 6) is 0. The van der Waals surface area contributed by atoms with Crippen LogP contribution in [0, 0.1) is 6.92 Å². The molecular weight excluding hydrogens is 206 g/mol. The number of pyridine rings is 1. The fourth-order valence-corrected chi connectivity index (χ4v) is 1.60. The Hall–Kier alpha value is -1.49. The molecule has 0 aromatic carbocycles. The Balaban J connectivity index is 3.23. The second-order valence-electron chi connectivity index (χ2n) is 3.93. The van der Waals surface area contributed by atoms with Crippen LogP contribution in [-0.2, 0) is 11.3 Å². The average Bonchev–Trinajstić information content (AvgIpc) is 2.23. The van der Waals surface area contributed by atoms with Crippen molar-refractivity contribution in [3.63, 3.8) is 0 Å². The van der Waals surface area contributed by atoms with Gasteiger partial charge in [-0.25, -0.2) is 0 Å². The van der Waals surface area contributed by atoms with Gasteiger partial charge in [-0.2, -0.15) is 0 Å². The highest BCUT2D eigenvalue weighted by atomic mass is 16.5. The monoisotopic (exact) mass is 225 g/mol. The molecule has 0 saturated heterocycles. The number of hydrogen-bond donors (Lipinski definition) is 1. The van der Waals surface area contributed by atoms with Crippen LogP contribution in [0.1, 0.15) is 5.69 Å². The van der Waals surface area contributed by atoms with Gasteiger partial charge in [-0.05, 0) is 13.0 Å². The Bertz CT molecular complexity index is 424. The lowest BCUT2D eigenvalue weighted by atomic mass is 10.2. The molecular formula is C11H19N3O2. The highest BCUT2D eigenvalue weighted by molar-refractivity contribution is 5.66. The van der Waals surface area contributed by atoms with Gasteiger partial charge in [0.05, 0.1) is 12.3 Å². The molecule has 0 amide bonds. The molecule has 2 N–H and O–H groups in total. The van der Waals surface area contributed by atoms with Gasteiger partial charge < -0.3 is 19.9 Å². The van der Waals surface area contributed by atoms with Crippen molar-refractivity contribution in [2.24, 2.45) is 0 Å². The minimum absolute atomic E-state index is 0.152. The molecule has 0 atom stereocenters. The lowest BCUT2D eigenvalue weighted by molar-refractivity contribution is 0.185. The zero-order valence-electron chi connectivity index (χ0n) is 10.3. The summed E-state index contributed by atoms with van der Waals surface area (Å²) in [6.45, 7) is 2.92. The first kappa shape index (κ1) is 12.6. The zero-order valence-corrected chi connectivity index (χ0v) is 10.3. The van der Waals surface area contributed by atoms with Gasteiger partial charge in [-0.15, -0.1) is 0 Å². The van der Waals surface area contributed by atoms with E-state index in [0.29, 0.717) is 13.2 Å². The third kappa shape index (κ3) is 2.36. The van der Waals surface area contributed by atoms with Crippen LogP contribution in [0.3, 0.4) is 0 Å². The van der Waals surface area contributed by atoms with Crippen molar-refractivity contribution in [3.05, 3.63) is 22.1 Å². The normalized spacial score (nSPS) is 10.5. The van der Waals surface area contributed by atoms with Gasteiger partial charge in [0.15, 0.2) is 0 Å². The van der Waals surface area contributed by atoms with Gasteiger partial charge in [0, 0.05) is 33.4 Å². The van der Waals surface area contributed by atoms with Crippen molar-refractivity contribution in [1.82, 2.24) is 4.57 Å². The summed E-state index contributed by atoms with van der Waals surface area (Å²) in [5.41, 5.74) is 7.59. The number of anilines is 2. The van der Waals surface area contributed by atoms with Crippen molar-refractivity contribution >= 4 is 11.4 Å². The minimum Gasteiger partial charge on any atom is -0.393 e. The fraction of sp³-hybridized carbons (Fsp3) is 0.545. The number of nitrogens with two attached hydrogens (primary N) is 1. The molecule has 0 aliphatic heterocycles. The summed E-state index contributed by atoms with van der Waals surface area (Å²) in [4.78, 5) is 13.8. The number of aryl methyl sites for hydroxylation is 1. The van der Waals surface area contributed by atoms with Crippen molar-refractivity contribution in [1.29, 1.82) is 0 Å². The Morgan fingerprint density at radius 2 is 2.12 bits per heavy atom. The molecule has 5 nitrogen and oxygen atoms in total. The summed E-state index contributed by atoms with van der Waals surface area (Å²) >= 11 is 0. The van der Waals surface area contributed by atoms with Crippen LogP contribution in [-0.4, -0.2) is 32.4 Å². The molecule has 0 fully saturated rings. The van der Waals surface area contributed by atoms with E-state index in [9.17, 15) is 4.79 Å². The standard InChI is InChI=1S/C11H19N3O2/c1-8-7-9(13(2)3)10(12)11(15)14(8)5-6-16-4/h7H,5-6,12H2,1-4H3. The van der Waals surface area contributed by atoms with Crippen LogP contribution in [0.5, 0.6) is 0 Å². The summed E-state index contributed by atoms with van der Waals surface area (Å²) in [7, 11) is 5.34. The van der Waals surface area contributed by atoms with E-state index < -0.39 is 0 Å². The van der Waals surface area contributed by atoms with Crippen LogP contribution < -0.4 is 16.2 Å². The molecule has 0 spiro atoms. The van der Waals surface area contributed by atoms with Gasteiger partial charge in [-0.1, -0.05) is 0 Å². The molecule has 90 valence electrons. The minimum atomic E-state index is -0.152. The lowest BCUT2D eigenvalue weighted by Crippen LogP contribution is -2.29. The van der Waals surface area contributed by atoms with E-state index in [2.05, 4.69) is 0 Å². The number of methoxy groups -OCH3 is 1. The van der Waals surface area contributed by atoms with E-state index >= 15 is 0 Å². The SMILES string of the molecule is COCCn1c(C)cc(N(C)C)c(N)c1=O. The van der Waals surface area contributed by atoms with Crippen molar-refractivity contribution < 1.29 is 4.74 Å². The molecule has 16 heavy (non-hydrogen) atoms. The maximum atomic E-state index is 12.0. The van der Waals surface area contributed by atoms with Crippen LogP contribution >= 0.6 is 0 Å².